The highest BCUT2D eigenvalue weighted by atomic mass is 35.5. The molecule has 0 spiro atoms. The average molecular weight is 305 g/mol. The van der Waals surface area contributed by atoms with Gasteiger partial charge in [-0.3, -0.25) is 4.79 Å². The first kappa shape index (κ1) is 13.2. The number of nitrogens with one attached hydrogen (secondary N) is 1. The van der Waals surface area contributed by atoms with Crippen molar-refractivity contribution >= 4 is 46.4 Å². The summed E-state index contributed by atoms with van der Waals surface area (Å²) >= 11 is 17.7. The number of hydrogen-bond acceptors (Lipinski definition) is 2. The van der Waals surface area contributed by atoms with Crippen molar-refractivity contribution in [2.24, 2.45) is 0 Å². The predicted octanol–water partition coefficient (Wildman–Crippen LogP) is 3.48. The topological polar surface area (TPSA) is 46.9 Å². The SMILES string of the molecule is O=C(Cn1ccnc1Cl)Nc1c(Cl)cccc1Cl. The molecule has 2 rings (SSSR count). The molecule has 1 N–H and O–H groups in total. The van der Waals surface area contributed by atoms with Crippen LogP contribution in [0.4, 0.5) is 5.69 Å². The lowest BCUT2D eigenvalue weighted by atomic mass is 10.3. The molecular weight excluding hydrogens is 296 g/mol. The minimum atomic E-state index is -0.287. The van der Waals surface area contributed by atoms with E-state index in [-0.39, 0.29) is 17.7 Å². The van der Waals surface area contributed by atoms with Gasteiger partial charge < -0.3 is 9.88 Å². The van der Waals surface area contributed by atoms with Gasteiger partial charge in [0, 0.05) is 12.4 Å². The van der Waals surface area contributed by atoms with Gasteiger partial charge in [0.1, 0.15) is 6.54 Å². The quantitative estimate of drug-likeness (QED) is 0.943. The lowest BCUT2D eigenvalue weighted by Gasteiger charge is -2.09. The zero-order valence-corrected chi connectivity index (χ0v) is 11.3. The van der Waals surface area contributed by atoms with Gasteiger partial charge in [-0.05, 0) is 23.7 Å². The molecule has 0 saturated heterocycles. The maximum absolute atomic E-state index is 11.8. The summed E-state index contributed by atoms with van der Waals surface area (Å²) in [6.45, 7) is 0.0420. The number of carbonyl (C=O) groups excluding carboxylic acids is 1. The van der Waals surface area contributed by atoms with Gasteiger partial charge in [-0.1, -0.05) is 29.3 Å². The summed E-state index contributed by atoms with van der Waals surface area (Å²) < 4.78 is 1.50. The Balaban J connectivity index is 2.10. The Hall–Kier alpha value is -1.23. The van der Waals surface area contributed by atoms with Crippen LogP contribution in [0.2, 0.25) is 15.3 Å². The average Bonchev–Trinajstić information content (AvgIpc) is 2.70. The van der Waals surface area contributed by atoms with E-state index in [1.54, 1.807) is 24.4 Å². The first-order chi connectivity index (χ1) is 8.58. The number of amides is 1. The van der Waals surface area contributed by atoms with Crippen molar-refractivity contribution in [3.63, 3.8) is 0 Å². The van der Waals surface area contributed by atoms with Crippen molar-refractivity contribution in [1.29, 1.82) is 0 Å². The number of benzene rings is 1. The largest absolute Gasteiger partial charge is 0.322 e. The van der Waals surface area contributed by atoms with Gasteiger partial charge >= 0.3 is 0 Å². The van der Waals surface area contributed by atoms with Crippen molar-refractivity contribution in [2.45, 2.75) is 6.54 Å². The van der Waals surface area contributed by atoms with Crippen molar-refractivity contribution in [2.75, 3.05) is 5.32 Å². The van der Waals surface area contributed by atoms with Crippen LogP contribution in [0.15, 0.2) is 30.6 Å². The molecule has 94 valence electrons. The summed E-state index contributed by atoms with van der Waals surface area (Å²) in [4.78, 5) is 15.6. The molecule has 18 heavy (non-hydrogen) atoms. The van der Waals surface area contributed by atoms with Crippen LogP contribution in [0.25, 0.3) is 0 Å². The predicted molar refractivity (Wildman–Crippen MR) is 72.3 cm³/mol. The molecule has 0 aliphatic heterocycles. The van der Waals surface area contributed by atoms with Crippen LogP contribution in [0, 0.1) is 0 Å². The van der Waals surface area contributed by atoms with E-state index in [1.807, 2.05) is 0 Å². The van der Waals surface area contributed by atoms with E-state index in [4.69, 9.17) is 34.8 Å². The summed E-state index contributed by atoms with van der Waals surface area (Å²) in [6.07, 6.45) is 3.12. The molecular formula is C11H8Cl3N3O. The van der Waals surface area contributed by atoms with Crippen LogP contribution in [0.3, 0.4) is 0 Å². The Morgan fingerprint density at radius 1 is 1.28 bits per heavy atom. The van der Waals surface area contributed by atoms with Crippen molar-refractivity contribution < 1.29 is 4.79 Å². The Labute approximate surface area is 118 Å². The number of carbonyl (C=O) groups is 1. The molecule has 1 heterocycles. The van der Waals surface area contributed by atoms with Crippen molar-refractivity contribution in [3.8, 4) is 0 Å². The normalized spacial score (nSPS) is 10.4. The summed E-state index contributed by atoms with van der Waals surface area (Å²) in [5, 5.41) is 3.64. The molecule has 0 unspecified atom stereocenters. The third kappa shape index (κ3) is 2.96. The van der Waals surface area contributed by atoms with E-state index in [1.165, 1.54) is 10.8 Å². The van der Waals surface area contributed by atoms with Gasteiger partial charge in [0.15, 0.2) is 0 Å². The maximum atomic E-state index is 11.8. The molecule has 1 amide bonds. The zero-order valence-electron chi connectivity index (χ0n) is 9.03. The minimum absolute atomic E-state index is 0.0420. The second kappa shape index (κ2) is 5.61. The van der Waals surface area contributed by atoms with Gasteiger partial charge in [-0.15, -0.1) is 0 Å². The zero-order chi connectivity index (χ0) is 13.1. The summed E-state index contributed by atoms with van der Waals surface area (Å²) in [5.74, 6) is -0.287. The van der Waals surface area contributed by atoms with Gasteiger partial charge in [0.2, 0.25) is 11.2 Å². The summed E-state index contributed by atoms with van der Waals surface area (Å²) in [7, 11) is 0. The Kier molecular flexibility index (Phi) is 4.11. The second-order valence-corrected chi connectivity index (χ2v) is 4.62. The van der Waals surface area contributed by atoms with Crippen LogP contribution < -0.4 is 5.32 Å². The fourth-order valence-electron chi connectivity index (χ4n) is 1.38. The maximum Gasteiger partial charge on any atom is 0.244 e. The van der Waals surface area contributed by atoms with Gasteiger partial charge in [0.25, 0.3) is 0 Å². The number of para-hydroxylation sites is 1. The van der Waals surface area contributed by atoms with Gasteiger partial charge in [-0.2, -0.15) is 0 Å². The van der Waals surface area contributed by atoms with E-state index >= 15 is 0 Å². The van der Waals surface area contributed by atoms with E-state index < -0.39 is 0 Å². The highest BCUT2D eigenvalue weighted by molar-refractivity contribution is 6.39. The van der Waals surface area contributed by atoms with Crippen LogP contribution in [-0.2, 0) is 11.3 Å². The van der Waals surface area contributed by atoms with Crippen molar-refractivity contribution in [1.82, 2.24) is 9.55 Å². The molecule has 0 atom stereocenters. The number of nitrogens with zero attached hydrogens (tertiary/aromatic N) is 2. The molecule has 0 radical (unpaired) electrons. The number of hydrogen-bond donors (Lipinski definition) is 1. The molecule has 0 aliphatic rings. The van der Waals surface area contributed by atoms with E-state index in [0.29, 0.717) is 15.7 Å². The highest BCUT2D eigenvalue weighted by Gasteiger charge is 2.11. The molecule has 1 aromatic heterocycles. The number of rotatable bonds is 3. The minimum Gasteiger partial charge on any atom is -0.322 e. The van der Waals surface area contributed by atoms with Gasteiger partial charge in [0.05, 0.1) is 15.7 Å². The molecule has 0 fully saturated rings. The Bertz CT molecular complexity index is 562. The molecule has 0 aliphatic carbocycles. The summed E-state index contributed by atoms with van der Waals surface area (Å²) in [6, 6.07) is 4.99. The van der Waals surface area contributed by atoms with Crippen LogP contribution in [0.1, 0.15) is 0 Å². The van der Waals surface area contributed by atoms with Crippen LogP contribution >= 0.6 is 34.8 Å². The number of halogens is 3. The standard InChI is InChI=1S/C11H8Cl3N3O/c12-7-2-1-3-8(13)10(7)16-9(18)6-17-5-4-15-11(17)14/h1-5H,6H2,(H,16,18). The van der Waals surface area contributed by atoms with Crippen molar-refractivity contribution in [3.05, 3.63) is 45.9 Å². The number of aromatic nitrogens is 2. The van der Waals surface area contributed by atoms with Gasteiger partial charge in [-0.25, -0.2) is 4.98 Å². The molecule has 2 aromatic rings. The Morgan fingerprint density at radius 3 is 2.50 bits per heavy atom. The van der Waals surface area contributed by atoms with E-state index in [0.717, 1.165) is 0 Å². The van der Waals surface area contributed by atoms with Crippen LogP contribution in [-0.4, -0.2) is 15.5 Å². The molecule has 7 heteroatoms. The summed E-state index contributed by atoms with van der Waals surface area (Å²) in [5.41, 5.74) is 0.391. The molecule has 1 aromatic carbocycles. The fourth-order valence-corrected chi connectivity index (χ4v) is 2.04. The smallest absolute Gasteiger partial charge is 0.244 e. The second-order valence-electron chi connectivity index (χ2n) is 3.47. The number of imidazole rings is 1. The third-order valence-corrected chi connectivity index (χ3v) is 3.15. The molecule has 0 bridgehead atoms. The highest BCUT2D eigenvalue weighted by Crippen LogP contribution is 2.29. The molecule has 4 nitrogen and oxygen atoms in total. The fraction of sp³-hybridized carbons (Fsp3) is 0.0909. The molecule has 0 saturated carbocycles. The number of anilines is 1. The van der Waals surface area contributed by atoms with Crippen LogP contribution in [0.5, 0.6) is 0 Å². The monoisotopic (exact) mass is 303 g/mol. The van der Waals surface area contributed by atoms with E-state index in [2.05, 4.69) is 10.3 Å². The Morgan fingerprint density at radius 2 is 1.94 bits per heavy atom. The third-order valence-electron chi connectivity index (χ3n) is 2.21. The lowest BCUT2D eigenvalue weighted by molar-refractivity contribution is -0.116. The first-order valence-electron chi connectivity index (χ1n) is 4.98. The first-order valence-corrected chi connectivity index (χ1v) is 6.12. The lowest BCUT2D eigenvalue weighted by Crippen LogP contribution is -2.18. The van der Waals surface area contributed by atoms with E-state index in [9.17, 15) is 4.79 Å².